The van der Waals surface area contributed by atoms with Gasteiger partial charge in [0.15, 0.2) is 0 Å². The Hall–Kier alpha value is -2.77. The first-order valence-electron chi connectivity index (χ1n) is 8.26. The fraction of sp³-hybridized carbons (Fsp3) is 0.471. The largest absolute Gasteiger partial charge is 0.361 e. The van der Waals surface area contributed by atoms with Crippen molar-refractivity contribution in [3.05, 3.63) is 40.8 Å². The predicted molar refractivity (Wildman–Crippen MR) is 88.5 cm³/mol. The zero-order valence-corrected chi connectivity index (χ0v) is 14.6. The molecular weight excluding hydrogens is 322 g/mol. The Balaban J connectivity index is 1.70. The summed E-state index contributed by atoms with van der Waals surface area (Å²) in [6.45, 7) is 5.98. The number of aryl methyl sites for hydroxylation is 2. The molecule has 8 nitrogen and oxygen atoms in total. The number of likely N-dealkylation sites (tertiary alicyclic amines) is 1. The molecular formula is C17H21N5O3. The third kappa shape index (κ3) is 3.52. The number of nitrogens with zero attached hydrogens (tertiary/aromatic N) is 4. The van der Waals surface area contributed by atoms with Gasteiger partial charge in [0, 0.05) is 13.5 Å². The van der Waals surface area contributed by atoms with Crippen LogP contribution in [0.1, 0.15) is 59.0 Å². The smallest absolute Gasteiger partial charge is 0.257 e. The molecule has 8 heteroatoms. The number of carbonyl (C=O) groups excluding carboxylic acids is 2. The molecule has 1 aliphatic heterocycles. The van der Waals surface area contributed by atoms with Crippen LogP contribution in [-0.4, -0.2) is 38.4 Å². The molecule has 0 radical (unpaired) electrons. The zero-order valence-electron chi connectivity index (χ0n) is 14.6. The lowest BCUT2D eigenvalue weighted by atomic mass is 10.1. The van der Waals surface area contributed by atoms with E-state index in [0.717, 1.165) is 25.1 Å². The van der Waals surface area contributed by atoms with Crippen molar-refractivity contribution < 1.29 is 14.1 Å². The highest BCUT2D eigenvalue weighted by Gasteiger charge is 2.29. The molecule has 2 aromatic heterocycles. The van der Waals surface area contributed by atoms with Gasteiger partial charge in [0.25, 0.3) is 5.91 Å². The van der Waals surface area contributed by atoms with Gasteiger partial charge in [-0.1, -0.05) is 5.16 Å². The van der Waals surface area contributed by atoms with E-state index in [2.05, 4.69) is 20.4 Å². The number of nitrogens with one attached hydrogen (secondary N) is 1. The lowest BCUT2D eigenvalue weighted by molar-refractivity contribution is -0.129. The second-order valence-corrected chi connectivity index (χ2v) is 6.19. The van der Waals surface area contributed by atoms with E-state index in [1.807, 2.05) is 4.90 Å². The number of hydrogen-bond donors (Lipinski definition) is 1. The van der Waals surface area contributed by atoms with Crippen molar-refractivity contribution in [2.45, 2.75) is 46.2 Å². The molecule has 25 heavy (non-hydrogen) atoms. The molecule has 1 fully saturated rings. The molecule has 1 aliphatic rings. The van der Waals surface area contributed by atoms with Crippen molar-refractivity contribution in [3.63, 3.8) is 0 Å². The minimum atomic E-state index is -0.255. The first-order valence-corrected chi connectivity index (χ1v) is 8.26. The summed E-state index contributed by atoms with van der Waals surface area (Å²) in [6, 6.07) is -0.0387. The summed E-state index contributed by atoms with van der Waals surface area (Å²) >= 11 is 0. The lowest BCUT2D eigenvalue weighted by Crippen LogP contribution is -2.29. The summed E-state index contributed by atoms with van der Waals surface area (Å²) in [4.78, 5) is 34.6. The van der Waals surface area contributed by atoms with Gasteiger partial charge in [-0.15, -0.1) is 0 Å². The highest BCUT2D eigenvalue weighted by molar-refractivity contribution is 5.95. The van der Waals surface area contributed by atoms with E-state index in [-0.39, 0.29) is 24.4 Å². The fourth-order valence-electron chi connectivity index (χ4n) is 3.19. The average Bonchev–Trinajstić information content (AvgIpc) is 3.20. The molecule has 0 aromatic carbocycles. The Bertz CT molecular complexity index is 782. The summed E-state index contributed by atoms with van der Waals surface area (Å²) in [7, 11) is 0. The van der Waals surface area contributed by atoms with E-state index < -0.39 is 0 Å². The van der Waals surface area contributed by atoms with Gasteiger partial charge in [-0.3, -0.25) is 19.6 Å². The van der Waals surface area contributed by atoms with Gasteiger partial charge >= 0.3 is 0 Å². The number of aromatic nitrogens is 3. The van der Waals surface area contributed by atoms with Crippen LogP contribution in [-0.2, 0) is 11.3 Å². The van der Waals surface area contributed by atoms with Crippen molar-refractivity contribution in [2.75, 3.05) is 6.54 Å². The summed E-state index contributed by atoms with van der Waals surface area (Å²) in [5, 5.41) is 6.60. The predicted octanol–water partition coefficient (Wildman–Crippen LogP) is 1.69. The monoisotopic (exact) mass is 343 g/mol. The Morgan fingerprint density at radius 2 is 2.16 bits per heavy atom. The quantitative estimate of drug-likeness (QED) is 0.906. The third-order valence-corrected chi connectivity index (χ3v) is 4.39. The standard InChI is InChI=1S/C17H21N5O3/c1-10-16(11(2)25-21-10)17(24)19-8-13-7-18-9-14(20-13)15-5-4-6-22(15)12(3)23/h7,9,15H,4-6,8H2,1-3H3,(H,19,24)/t15-/m1/s1. The van der Waals surface area contributed by atoms with Gasteiger partial charge < -0.3 is 14.7 Å². The van der Waals surface area contributed by atoms with Crippen LogP contribution in [0.3, 0.4) is 0 Å². The average molecular weight is 343 g/mol. The Labute approximate surface area is 145 Å². The molecule has 0 aliphatic carbocycles. The Kier molecular flexibility index (Phi) is 4.78. The minimum Gasteiger partial charge on any atom is -0.361 e. The molecule has 0 bridgehead atoms. The van der Waals surface area contributed by atoms with E-state index in [4.69, 9.17) is 4.52 Å². The molecule has 132 valence electrons. The second-order valence-electron chi connectivity index (χ2n) is 6.19. The maximum Gasteiger partial charge on any atom is 0.257 e. The number of hydrogen-bond acceptors (Lipinski definition) is 6. The molecule has 1 saturated heterocycles. The summed E-state index contributed by atoms with van der Waals surface area (Å²) in [6.07, 6.45) is 5.14. The van der Waals surface area contributed by atoms with Gasteiger partial charge in [-0.05, 0) is 26.7 Å². The van der Waals surface area contributed by atoms with Crippen molar-refractivity contribution in [1.29, 1.82) is 0 Å². The van der Waals surface area contributed by atoms with Crippen LogP contribution in [0.15, 0.2) is 16.9 Å². The van der Waals surface area contributed by atoms with Gasteiger partial charge in [0.1, 0.15) is 11.3 Å². The van der Waals surface area contributed by atoms with Crippen LogP contribution in [0.2, 0.25) is 0 Å². The highest BCUT2D eigenvalue weighted by Crippen LogP contribution is 2.30. The first kappa shape index (κ1) is 17.1. The Morgan fingerprint density at radius 3 is 2.84 bits per heavy atom. The van der Waals surface area contributed by atoms with Crippen LogP contribution in [0.5, 0.6) is 0 Å². The van der Waals surface area contributed by atoms with Crippen LogP contribution < -0.4 is 5.32 Å². The molecule has 0 unspecified atom stereocenters. The minimum absolute atomic E-state index is 0.0387. The maximum absolute atomic E-state index is 12.3. The van der Waals surface area contributed by atoms with E-state index in [0.29, 0.717) is 22.7 Å². The van der Waals surface area contributed by atoms with Gasteiger partial charge in [-0.25, -0.2) is 0 Å². The summed E-state index contributed by atoms with van der Waals surface area (Å²) < 4.78 is 5.01. The van der Waals surface area contributed by atoms with E-state index in [1.54, 1.807) is 33.2 Å². The van der Waals surface area contributed by atoms with Crippen molar-refractivity contribution in [2.24, 2.45) is 0 Å². The molecule has 1 N–H and O–H groups in total. The molecule has 3 heterocycles. The SMILES string of the molecule is CC(=O)N1CCC[C@@H]1c1cncc(CNC(=O)c2c(C)noc2C)n1. The molecule has 1 atom stereocenters. The molecule has 3 rings (SSSR count). The number of amides is 2. The van der Waals surface area contributed by atoms with Gasteiger partial charge in [-0.2, -0.15) is 0 Å². The molecule has 0 spiro atoms. The van der Waals surface area contributed by atoms with Gasteiger partial charge in [0.2, 0.25) is 5.91 Å². The van der Waals surface area contributed by atoms with E-state index in [9.17, 15) is 9.59 Å². The zero-order chi connectivity index (χ0) is 18.0. The molecule has 0 saturated carbocycles. The second kappa shape index (κ2) is 7.00. The number of rotatable bonds is 4. The topological polar surface area (TPSA) is 101 Å². The first-order chi connectivity index (χ1) is 12.0. The molecule has 2 amide bonds. The lowest BCUT2D eigenvalue weighted by Gasteiger charge is -2.22. The highest BCUT2D eigenvalue weighted by atomic mass is 16.5. The van der Waals surface area contributed by atoms with E-state index >= 15 is 0 Å². The maximum atomic E-state index is 12.3. The number of carbonyl (C=O) groups is 2. The fourth-order valence-corrected chi connectivity index (χ4v) is 3.19. The van der Waals surface area contributed by atoms with Crippen LogP contribution >= 0.6 is 0 Å². The third-order valence-electron chi connectivity index (χ3n) is 4.39. The van der Waals surface area contributed by atoms with Gasteiger partial charge in [0.05, 0.1) is 42.1 Å². The molecule has 2 aromatic rings. The Morgan fingerprint density at radius 1 is 1.36 bits per heavy atom. The van der Waals surface area contributed by atoms with Crippen LogP contribution in [0, 0.1) is 13.8 Å². The van der Waals surface area contributed by atoms with E-state index in [1.165, 1.54) is 0 Å². The van der Waals surface area contributed by atoms with Crippen molar-refractivity contribution in [3.8, 4) is 0 Å². The summed E-state index contributed by atoms with van der Waals surface area (Å²) in [5.41, 5.74) is 2.41. The van der Waals surface area contributed by atoms with Crippen LogP contribution in [0.4, 0.5) is 0 Å². The van der Waals surface area contributed by atoms with Crippen molar-refractivity contribution in [1.82, 2.24) is 25.3 Å². The summed E-state index contributed by atoms with van der Waals surface area (Å²) in [5.74, 6) is 0.272. The van der Waals surface area contributed by atoms with Crippen molar-refractivity contribution >= 4 is 11.8 Å². The van der Waals surface area contributed by atoms with Crippen LogP contribution in [0.25, 0.3) is 0 Å². The normalized spacial score (nSPS) is 16.9.